The quantitative estimate of drug-likeness (QED) is 0.802. The van der Waals surface area contributed by atoms with Crippen molar-refractivity contribution >= 4 is 0 Å². The topological polar surface area (TPSA) is 19.6 Å². The molecule has 0 saturated carbocycles. The largest absolute Gasteiger partial charge is 0.465 e. The molecule has 2 saturated heterocycles. The molecular formula is C15H24N2O. The summed E-state index contributed by atoms with van der Waals surface area (Å²) in [7, 11) is 2.31. The summed E-state index contributed by atoms with van der Waals surface area (Å²) >= 11 is 0. The van der Waals surface area contributed by atoms with E-state index < -0.39 is 0 Å². The number of aryl methyl sites for hydroxylation is 1. The Kier molecular flexibility index (Phi) is 3.20. The zero-order valence-corrected chi connectivity index (χ0v) is 11.6. The van der Waals surface area contributed by atoms with E-state index in [0.29, 0.717) is 5.54 Å². The number of furan rings is 1. The lowest BCUT2D eigenvalue weighted by Gasteiger charge is -2.42. The van der Waals surface area contributed by atoms with Crippen LogP contribution in [0, 0.1) is 6.92 Å². The monoisotopic (exact) mass is 248 g/mol. The fraction of sp³-hybridized carbons (Fsp3) is 0.733. The number of rotatable bonds is 2. The summed E-state index contributed by atoms with van der Waals surface area (Å²) < 4.78 is 5.69. The standard InChI is InChI=1S/C15H24N2O/c1-13-5-6-14(18-13)11-17-10-8-15(12-17)7-3-4-9-16(15)2/h5-6H,3-4,7-12H2,1-2H3/t15-/m0/s1. The number of likely N-dealkylation sites (N-methyl/N-ethyl adjacent to an activating group) is 1. The summed E-state index contributed by atoms with van der Waals surface area (Å²) in [5, 5.41) is 0. The van der Waals surface area contributed by atoms with E-state index >= 15 is 0 Å². The van der Waals surface area contributed by atoms with Crippen molar-refractivity contribution in [3.05, 3.63) is 23.7 Å². The van der Waals surface area contributed by atoms with Crippen LogP contribution >= 0.6 is 0 Å². The van der Waals surface area contributed by atoms with Crippen molar-refractivity contribution in [2.24, 2.45) is 0 Å². The van der Waals surface area contributed by atoms with E-state index in [4.69, 9.17) is 4.42 Å². The minimum Gasteiger partial charge on any atom is -0.465 e. The van der Waals surface area contributed by atoms with Crippen molar-refractivity contribution in [2.75, 3.05) is 26.7 Å². The maximum Gasteiger partial charge on any atom is 0.118 e. The molecule has 1 spiro atoms. The minimum absolute atomic E-state index is 0.458. The van der Waals surface area contributed by atoms with Gasteiger partial charge in [0.2, 0.25) is 0 Å². The summed E-state index contributed by atoms with van der Waals surface area (Å²) in [6.45, 7) is 6.69. The smallest absolute Gasteiger partial charge is 0.118 e. The first-order valence-electron chi connectivity index (χ1n) is 7.17. The second kappa shape index (κ2) is 4.71. The summed E-state index contributed by atoms with van der Waals surface area (Å²) in [6.07, 6.45) is 5.47. The number of nitrogens with zero attached hydrogens (tertiary/aromatic N) is 2. The maximum atomic E-state index is 5.69. The predicted molar refractivity (Wildman–Crippen MR) is 72.6 cm³/mol. The Hall–Kier alpha value is -0.800. The molecule has 100 valence electrons. The van der Waals surface area contributed by atoms with Crippen LogP contribution in [0.25, 0.3) is 0 Å². The fourth-order valence-electron chi connectivity index (χ4n) is 3.61. The lowest BCUT2D eigenvalue weighted by molar-refractivity contribution is 0.0775. The average Bonchev–Trinajstić information content (AvgIpc) is 2.92. The van der Waals surface area contributed by atoms with Crippen LogP contribution in [0.15, 0.2) is 16.5 Å². The van der Waals surface area contributed by atoms with Gasteiger partial charge in [-0.1, -0.05) is 6.42 Å². The molecule has 0 aliphatic carbocycles. The third kappa shape index (κ3) is 2.21. The van der Waals surface area contributed by atoms with E-state index in [-0.39, 0.29) is 0 Å². The Balaban J connectivity index is 1.64. The summed E-state index contributed by atoms with van der Waals surface area (Å²) in [6, 6.07) is 4.18. The number of hydrogen-bond acceptors (Lipinski definition) is 3. The first kappa shape index (κ1) is 12.2. The van der Waals surface area contributed by atoms with Crippen molar-refractivity contribution in [2.45, 2.75) is 44.7 Å². The van der Waals surface area contributed by atoms with Crippen LogP contribution in [0.5, 0.6) is 0 Å². The molecule has 2 aliphatic rings. The summed E-state index contributed by atoms with van der Waals surface area (Å²) in [5.74, 6) is 2.14. The van der Waals surface area contributed by atoms with E-state index in [9.17, 15) is 0 Å². The Morgan fingerprint density at radius 1 is 1.22 bits per heavy atom. The zero-order valence-electron chi connectivity index (χ0n) is 11.6. The van der Waals surface area contributed by atoms with Crippen LogP contribution in [0.1, 0.15) is 37.2 Å². The van der Waals surface area contributed by atoms with Crippen molar-refractivity contribution < 1.29 is 4.42 Å². The molecule has 2 aliphatic heterocycles. The first-order valence-corrected chi connectivity index (χ1v) is 7.17. The molecule has 3 heteroatoms. The van der Waals surface area contributed by atoms with Gasteiger partial charge in [0.05, 0.1) is 6.54 Å². The second-order valence-electron chi connectivity index (χ2n) is 6.08. The van der Waals surface area contributed by atoms with Crippen molar-refractivity contribution in [3.63, 3.8) is 0 Å². The van der Waals surface area contributed by atoms with Gasteiger partial charge in [-0.15, -0.1) is 0 Å². The molecule has 0 bridgehead atoms. The molecule has 0 radical (unpaired) electrons. The third-order valence-corrected chi connectivity index (χ3v) is 4.78. The number of piperidine rings is 1. The number of likely N-dealkylation sites (tertiary alicyclic amines) is 2. The lowest BCUT2D eigenvalue weighted by atomic mass is 9.86. The Labute approximate surface area is 110 Å². The molecule has 1 aromatic rings. The summed E-state index contributed by atoms with van der Waals surface area (Å²) in [5.41, 5.74) is 0.458. The van der Waals surface area contributed by atoms with Crippen LogP contribution in [0.2, 0.25) is 0 Å². The van der Waals surface area contributed by atoms with Crippen LogP contribution in [0.3, 0.4) is 0 Å². The van der Waals surface area contributed by atoms with Gasteiger partial charge in [0.25, 0.3) is 0 Å². The van der Waals surface area contributed by atoms with Gasteiger partial charge in [0, 0.05) is 18.6 Å². The van der Waals surface area contributed by atoms with E-state index in [2.05, 4.69) is 29.0 Å². The van der Waals surface area contributed by atoms with Gasteiger partial charge in [-0.3, -0.25) is 9.80 Å². The highest BCUT2D eigenvalue weighted by Gasteiger charge is 2.42. The second-order valence-corrected chi connectivity index (χ2v) is 6.08. The van der Waals surface area contributed by atoms with Gasteiger partial charge in [0.1, 0.15) is 11.5 Å². The van der Waals surface area contributed by atoms with E-state index in [0.717, 1.165) is 18.1 Å². The molecule has 0 amide bonds. The molecule has 2 fully saturated rings. The molecule has 3 nitrogen and oxygen atoms in total. The van der Waals surface area contributed by atoms with Gasteiger partial charge >= 0.3 is 0 Å². The molecule has 3 heterocycles. The molecule has 0 N–H and O–H groups in total. The van der Waals surface area contributed by atoms with Crippen LogP contribution in [-0.2, 0) is 6.54 Å². The fourth-order valence-corrected chi connectivity index (χ4v) is 3.61. The van der Waals surface area contributed by atoms with Gasteiger partial charge in [-0.05, 0) is 51.9 Å². The molecule has 1 aromatic heterocycles. The lowest BCUT2D eigenvalue weighted by Crippen LogP contribution is -2.51. The SMILES string of the molecule is Cc1ccc(CN2CC[C@@]3(CCCCN3C)C2)o1. The minimum atomic E-state index is 0.458. The van der Waals surface area contributed by atoms with Crippen molar-refractivity contribution in [1.82, 2.24) is 9.80 Å². The molecule has 0 aromatic carbocycles. The van der Waals surface area contributed by atoms with Gasteiger partial charge in [-0.25, -0.2) is 0 Å². The molecule has 1 atom stereocenters. The average molecular weight is 248 g/mol. The van der Waals surface area contributed by atoms with E-state index in [1.807, 2.05) is 6.92 Å². The van der Waals surface area contributed by atoms with Crippen molar-refractivity contribution in [1.29, 1.82) is 0 Å². The highest BCUT2D eigenvalue weighted by molar-refractivity contribution is 5.07. The van der Waals surface area contributed by atoms with E-state index in [1.54, 1.807) is 0 Å². The van der Waals surface area contributed by atoms with Crippen molar-refractivity contribution in [3.8, 4) is 0 Å². The molecule has 18 heavy (non-hydrogen) atoms. The van der Waals surface area contributed by atoms with Gasteiger partial charge in [0.15, 0.2) is 0 Å². The zero-order chi connectivity index (χ0) is 12.6. The predicted octanol–water partition coefficient (Wildman–Crippen LogP) is 2.65. The molecule has 3 rings (SSSR count). The van der Waals surface area contributed by atoms with Gasteiger partial charge in [-0.2, -0.15) is 0 Å². The van der Waals surface area contributed by atoms with E-state index in [1.165, 1.54) is 45.3 Å². The molecule has 0 unspecified atom stereocenters. The summed E-state index contributed by atoms with van der Waals surface area (Å²) in [4.78, 5) is 5.16. The number of hydrogen-bond donors (Lipinski definition) is 0. The third-order valence-electron chi connectivity index (χ3n) is 4.78. The Bertz CT molecular complexity index is 414. The highest BCUT2D eigenvalue weighted by atomic mass is 16.3. The normalized spacial score (nSPS) is 30.3. The van der Waals surface area contributed by atoms with Gasteiger partial charge < -0.3 is 4.42 Å². The Morgan fingerprint density at radius 3 is 2.83 bits per heavy atom. The first-order chi connectivity index (χ1) is 8.68. The highest BCUT2D eigenvalue weighted by Crippen LogP contribution is 2.35. The van der Waals surface area contributed by atoms with Crippen LogP contribution < -0.4 is 0 Å². The Morgan fingerprint density at radius 2 is 2.11 bits per heavy atom. The van der Waals surface area contributed by atoms with Crippen LogP contribution in [-0.4, -0.2) is 42.0 Å². The van der Waals surface area contributed by atoms with Crippen LogP contribution in [0.4, 0.5) is 0 Å². The maximum absolute atomic E-state index is 5.69. The molecular weight excluding hydrogens is 224 g/mol.